The molecule has 6 nitrogen and oxygen atoms in total. The Morgan fingerprint density at radius 1 is 1.04 bits per heavy atom. The molecule has 154 valence electrons. The first kappa shape index (κ1) is 25.2. The molecule has 7 heteroatoms. The third-order valence-electron chi connectivity index (χ3n) is 4.62. The van der Waals surface area contributed by atoms with Gasteiger partial charge in [0.2, 0.25) is 0 Å². The van der Waals surface area contributed by atoms with E-state index in [2.05, 4.69) is 36.2 Å². The van der Waals surface area contributed by atoms with E-state index in [0.29, 0.717) is 38.8 Å². The second kappa shape index (κ2) is 13.4. The van der Waals surface area contributed by atoms with Gasteiger partial charge in [0.15, 0.2) is 5.79 Å². The van der Waals surface area contributed by atoms with Crippen LogP contribution in [0.4, 0.5) is 0 Å². The third kappa shape index (κ3) is 8.27. The highest BCUT2D eigenvalue weighted by molar-refractivity contribution is 8.93. The molecule has 0 spiro atoms. The molecule has 0 aromatic rings. The van der Waals surface area contributed by atoms with Crippen molar-refractivity contribution < 1.29 is 19.0 Å². The highest BCUT2D eigenvalue weighted by Crippen LogP contribution is 2.27. The summed E-state index contributed by atoms with van der Waals surface area (Å²) in [4.78, 5) is 16.3. The van der Waals surface area contributed by atoms with Crippen LogP contribution in [-0.2, 0) is 19.0 Å². The Morgan fingerprint density at radius 2 is 1.69 bits per heavy atom. The monoisotopic (exact) mass is 436 g/mol. The Bertz CT molecular complexity index is 414. The average Bonchev–Trinajstić information content (AvgIpc) is 2.90. The summed E-state index contributed by atoms with van der Waals surface area (Å²) >= 11 is 0. The Balaban J connectivity index is 0.00000625. The predicted octanol–water partition coefficient (Wildman–Crippen LogP) is 3.91. The van der Waals surface area contributed by atoms with E-state index in [4.69, 9.17) is 14.2 Å². The van der Waals surface area contributed by atoms with E-state index in [9.17, 15) is 4.79 Å². The fraction of sp³-hybridized carbons (Fsp3) is 0.842. The van der Waals surface area contributed by atoms with Crippen molar-refractivity contribution in [2.24, 2.45) is 0 Å². The number of rotatable bonds is 13. The van der Waals surface area contributed by atoms with Crippen LogP contribution in [0.15, 0.2) is 12.4 Å². The minimum Gasteiger partial charge on any atom is -0.466 e. The smallest absolute Gasteiger partial charge is 0.305 e. The van der Waals surface area contributed by atoms with E-state index < -0.39 is 5.79 Å². The van der Waals surface area contributed by atoms with Crippen LogP contribution in [0.25, 0.3) is 0 Å². The van der Waals surface area contributed by atoms with Crippen LogP contribution in [0, 0.1) is 0 Å². The minimum atomic E-state index is -0.681. The molecule has 0 bridgehead atoms. The maximum Gasteiger partial charge on any atom is 0.305 e. The summed E-state index contributed by atoms with van der Waals surface area (Å²) in [6.45, 7) is 10.5. The van der Waals surface area contributed by atoms with E-state index in [-0.39, 0.29) is 23.0 Å². The summed E-state index contributed by atoms with van der Waals surface area (Å²) in [6.07, 6.45) is 8.36. The summed E-state index contributed by atoms with van der Waals surface area (Å²) in [6, 6.07) is 0. The lowest BCUT2D eigenvalue weighted by Crippen LogP contribution is -2.38. The molecule has 1 aliphatic rings. The van der Waals surface area contributed by atoms with Crippen LogP contribution in [0.1, 0.15) is 59.8 Å². The summed E-state index contributed by atoms with van der Waals surface area (Å²) in [7, 11) is 2.09. The molecule has 0 N–H and O–H groups in total. The molecule has 0 amide bonds. The van der Waals surface area contributed by atoms with Crippen molar-refractivity contribution in [3.8, 4) is 0 Å². The van der Waals surface area contributed by atoms with E-state index in [1.165, 1.54) is 0 Å². The Morgan fingerprint density at radius 3 is 2.19 bits per heavy atom. The maximum absolute atomic E-state index is 11.7. The van der Waals surface area contributed by atoms with Crippen molar-refractivity contribution in [1.82, 2.24) is 9.80 Å². The highest BCUT2D eigenvalue weighted by atomic mass is 79.9. The van der Waals surface area contributed by atoms with Crippen LogP contribution in [0.3, 0.4) is 0 Å². The van der Waals surface area contributed by atoms with Crippen LogP contribution in [-0.4, -0.2) is 61.1 Å². The van der Waals surface area contributed by atoms with Crippen LogP contribution < -0.4 is 0 Å². The number of carbonyl (C=O) groups is 1. The molecule has 0 radical (unpaired) electrons. The summed E-state index contributed by atoms with van der Waals surface area (Å²) in [5, 5.41) is 0. The summed E-state index contributed by atoms with van der Waals surface area (Å²) in [5.74, 6) is -0.871. The normalized spacial score (nSPS) is 16.7. The molecule has 0 saturated heterocycles. The molecule has 26 heavy (non-hydrogen) atoms. The first-order valence-corrected chi connectivity index (χ1v) is 9.57. The molecular weight excluding hydrogens is 400 g/mol. The number of unbranched alkanes of at least 4 members (excludes halogenated alkanes) is 1. The molecule has 1 heterocycles. The van der Waals surface area contributed by atoms with E-state index >= 15 is 0 Å². The molecule has 1 atom stereocenters. The van der Waals surface area contributed by atoms with Crippen LogP contribution in [0.5, 0.6) is 0 Å². The first-order chi connectivity index (χ1) is 12.0. The zero-order valence-corrected chi connectivity index (χ0v) is 18.7. The molecule has 1 aliphatic heterocycles. The number of hydrogen-bond donors (Lipinski definition) is 0. The lowest BCUT2D eigenvalue weighted by Gasteiger charge is -2.34. The number of carbonyl (C=O) groups excluding carboxylic acids is 1. The largest absolute Gasteiger partial charge is 0.466 e. The average molecular weight is 437 g/mol. The summed E-state index contributed by atoms with van der Waals surface area (Å²) < 4.78 is 16.9. The van der Waals surface area contributed by atoms with Gasteiger partial charge in [-0.1, -0.05) is 0 Å². The second-order valence-corrected chi connectivity index (χ2v) is 6.37. The number of hydrogen-bond acceptors (Lipinski definition) is 6. The van der Waals surface area contributed by atoms with E-state index in [0.717, 1.165) is 25.8 Å². The van der Waals surface area contributed by atoms with Gasteiger partial charge < -0.3 is 24.0 Å². The topological polar surface area (TPSA) is 51.2 Å². The molecule has 0 saturated carbocycles. The standard InChI is InChI=1S/C19H36N2O4.BrH/c1-6-23-18(22)11-13-19(24-7-2,25-8-3)12-9-10-14-21-16-15-20(5)17(21)4;/h15-17H,6-14H2,1-5H3;1H. The Hall–Kier alpha value is -0.790. The Labute approximate surface area is 169 Å². The van der Waals surface area contributed by atoms with Gasteiger partial charge in [-0.25, -0.2) is 0 Å². The van der Waals surface area contributed by atoms with Gasteiger partial charge in [0.25, 0.3) is 0 Å². The zero-order valence-electron chi connectivity index (χ0n) is 17.0. The van der Waals surface area contributed by atoms with Crippen molar-refractivity contribution in [2.75, 3.05) is 33.4 Å². The van der Waals surface area contributed by atoms with Gasteiger partial charge in [0.05, 0.1) is 19.2 Å². The number of ether oxygens (including phenoxy) is 3. The van der Waals surface area contributed by atoms with Gasteiger partial charge in [0.1, 0.15) is 0 Å². The lowest BCUT2D eigenvalue weighted by molar-refractivity contribution is -0.242. The van der Waals surface area contributed by atoms with Gasteiger partial charge >= 0.3 is 5.97 Å². The highest BCUT2D eigenvalue weighted by Gasteiger charge is 2.32. The van der Waals surface area contributed by atoms with Crippen molar-refractivity contribution in [3.05, 3.63) is 12.4 Å². The van der Waals surface area contributed by atoms with Crippen LogP contribution in [0.2, 0.25) is 0 Å². The third-order valence-corrected chi connectivity index (χ3v) is 4.62. The fourth-order valence-electron chi connectivity index (χ4n) is 3.13. The van der Waals surface area contributed by atoms with E-state index in [1.807, 2.05) is 20.8 Å². The number of nitrogens with zero attached hydrogens (tertiary/aromatic N) is 2. The molecular formula is C19H37BrN2O4. The lowest BCUT2D eigenvalue weighted by atomic mass is 10.0. The van der Waals surface area contributed by atoms with Gasteiger partial charge in [0, 0.05) is 52.0 Å². The minimum absolute atomic E-state index is 0. The molecule has 1 rings (SSSR count). The molecule has 1 unspecified atom stereocenters. The number of esters is 1. The van der Waals surface area contributed by atoms with Crippen molar-refractivity contribution in [3.63, 3.8) is 0 Å². The van der Waals surface area contributed by atoms with Gasteiger partial charge in [-0.3, -0.25) is 4.79 Å². The van der Waals surface area contributed by atoms with Crippen molar-refractivity contribution in [1.29, 1.82) is 0 Å². The van der Waals surface area contributed by atoms with E-state index in [1.54, 1.807) is 0 Å². The second-order valence-electron chi connectivity index (χ2n) is 6.37. The first-order valence-electron chi connectivity index (χ1n) is 9.57. The molecule has 0 fully saturated rings. The van der Waals surface area contributed by atoms with Crippen molar-refractivity contribution >= 4 is 23.0 Å². The quantitative estimate of drug-likeness (QED) is 0.247. The molecule has 0 aromatic heterocycles. The van der Waals surface area contributed by atoms with Gasteiger partial charge in [-0.05, 0) is 40.5 Å². The predicted molar refractivity (Wildman–Crippen MR) is 109 cm³/mol. The number of halogens is 1. The Kier molecular flexibility index (Phi) is 13.0. The molecule has 0 aliphatic carbocycles. The van der Waals surface area contributed by atoms with Crippen LogP contribution >= 0.6 is 17.0 Å². The van der Waals surface area contributed by atoms with Crippen molar-refractivity contribution in [2.45, 2.75) is 71.8 Å². The van der Waals surface area contributed by atoms with Gasteiger partial charge in [-0.2, -0.15) is 0 Å². The maximum atomic E-state index is 11.7. The van der Waals surface area contributed by atoms with Gasteiger partial charge in [-0.15, -0.1) is 17.0 Å². The fourth-order valence-corrected chi connectivity index (χ4v) is 3.13. The summed E-state index contributed by atoms with van der Waals surface area (Å²) in [5.41, 5.74) is 0. The SMILES string of the molecule is Br.CCOC(=O)CCC(CCCCN1C=CN(C)C1C)(OCC)OCC. The zero-order chi connectivity index (χ0) is 18.7. The molecule has 0 aromatic carbocycles.